The summed E-state index contributed by atoms with van der Waals surface area (Å²) in [6.45, 7) is 9.33. The number of rotatable bonds is 10. The Hall–Kier alpha value is -3.15. The van der Waals surface area contributed by atoms with E-state index in [2.05, 4.69) is 55.3 Å². The minimum Gasteiger partial charge on any atom is -0.337 e. The molecule has 2 amide bonds. The molecule has 32 heavy (non-hydrogen) atoms. The summed E-state index contributed by atoms with van der Waals surface area (Å²) in [5, 5.41) is 7.17. The maximum absolute atomic E-state index is 13.2. The Kier molecular flexibility index (Phi) is 8.42. The molecule has 1 N–H and O–H groups in total. The predicted molar refractivity (Wildman–Crippen MR) is 127 cm³/mol. The lowest BCUT2D eigenvalue weighted by Crippen LogP contribution is -2.45. The first-order valence-electron chi connectivity index (χ1n) is 11.4. The van der Waals surface area contributed by atoms with Gasteiger partial charge in [0, 0.05) is 18.2 Å². The highest BCUT2D eigenvalue weighted by molar-refractivity contribution is 5.74. The Morgan fingerprint density at radius 3 is 2.50 bits per heavy atom. The Morgan fingerprint density at radius 2 is 1.81 bits per heavy atom. The fourth-order valence-electron chi connectivity index (χ4n) is 3.90. The number of carbonyl (C=O) groups is 1. The van der Waals surface area contributed by atoms with Crippen LogP contribution in [0.2, 0.25) is 0 Å². The predicted octanol–water partition coefficient (Wildman–Crippen LogP) is 5.97. The Balaban J connectivity index is 1.71. The summed E-state index contributed by atoms with van der Waals surface area (Å²) in [4.78, 5) is 19.5. The molecule has 1 aromatic heterocycles. The van der Waals surface area contributed by atoms with Crippen molar-refractivity contribution in [2.24, 2.45) is 5.92 Å². The van der Waals surface area contributed by atoms with E-state index in [9.17, 15) is 4.79 Å². The Morgan fingerprint density at radius 1 is 1.09 bits per heavy atom. The van der Waals surface area contributed by atoms with E-state index in [1.807, 2.05) is 47.4 Å². The molecule has 0 fully saturated rings. The van der Waals surface area contributed by atoms with E-state index in [4.69, 9.17) is 4.52 Å². The van der Waals surface area contributed by atoms with Crippen molar-refractivity contribution in [2.75, 3.05) is 0 Å². The van der Waals surface area contributed by atoms with E-state index in [-0.39, 0.29) is 18.6 Å². The number of hydrogen-bond donors (Lipinski definition) is 1. The zero-order valence-corrected chi connectivity index (χ0v) is 19.5. The van der Waals surface area contributed by atoms with Gasteiger partial charge in [0.25, 0.3) is 0 Å². The molecule has 1 heterocycles. The number of carbonyl (C=O) groups excluding carboxylic acids is 1. The van der Waals surface area contributed by atoms with Crippen LogP contribution in [0.3, 0.4) is 0 Å². The molecule has 0 radical (unpaired) electrons. The topological polar surface area (TPSA) is 71.3 Å². The molecule has 170 valence electrons. The molecule has 1 unspecified atom stereocenters. The molecule has 6 nitrogen and oxygen atoms in total. The highest BCUT2D eigenvalue weighted by Gasteiger charge is 2.24. The lowest BCUT2D eigenvalue weighted by molar-refractivity contribution is 0.153. The quantitative estimate of drug-likeness (QED) is 0.427. The largest absolute Gasteiger partial charge is 0.337 e. The van der Waals surface area contributed by atoms with Crippen molar-refractivity contribution in [1.29, 1.82) is 0 Å². The molecule has 3 rings (SSSR count). The van der Waals surface area contributed by atoms with Gasteiger partial charge in [-0.1, -0.05) is 92.0 Å². The van der Waals surface area contributed by atoms with Crippen LogP contribution in [0.4, 0.5) is 4.79 Å². The van der Waals surface area contributed by atoms with Crippen molar-refractivity contribution >= 4 is 6.03 Å². The molecule has 3 aromatic rings. The van der Waals surface area contributed by atoms with Crippen LogP contribution in [0.5, 0.6) is 0 Å². The molecule has 2 aromatic carbocycles. The number of aromatic nitrogens is 2. The highest BCUT2D eigenvalue weighted by atomic mass is 16.5. The molecule has 0 spiro atoms. The van der Waals surface area contributed by atoms with Crippen LogP contribution in [0.15, 0.2) is 59.1 Å². The van der Waals surface area contributed by atoms with Crippen molar-refractivity contribution in [2.45, 2.75) is 66.1 Å². The third-order valence-corrected chi connectivity index (χ3v) is 5.69. The third-order valence-electron chi connectivity index (χ3n) is 5.69. The first-order chi connectivity index (χ1) is 15.5. The number of benzene rings is 2. The van der Waals surface area contributed by atoms with Crippen LogP contribution in [-0.4, -0.2) is 27.1 Å². The van der Waals surface area contributed by atoms with Crippen LogP contribution >= 0.6 is 0 Å². The van der Waals surface area contributed by atoms with E-state index in [0.717, 1.165) is 30.4 Å². The van der Waals surface area contributed by atoms with Gasteiger partial charge < -0.3 is 14.7 Å². The number of nitrogens with zero attached hydrogens (tertiary/aromatic N) is 3. The van der Waals surface area contributed by atoms with Crippen molar-refractivity contribution in [3.05, 3.63) is 71.6 Å². The molecule has 0 aliphatic rings. The second-order valence-electron chi connectivity index (χ2n) is 8.63. The van der Waals surface area contributed by atoms with Gasteiger partial charge in [-0.25, -0.2) is 4.79 Å². The van der Waals surface area contributed by atoms with Crippen molar-refractivity contribution < 1.29 is 9.32 Å². The zero-order valence-electron chi connectivity index (χ0n) is 19.5. The number of amides is 2. The maximum atomic E-state index is 13.2. The maximum Gasteiger partial charge on any atom is 0.318 e. The minimum absolute atomic E-state index is 0.0432. The van der Waals surface area contributed by atoms with Gasteiger partial charge >= 0.3 is 6.03 Å². The number of aryl methyl sites for hydroxylation is 1. The number of nitrogens with one attached hydrogen (secondary N) is 1. The van der Waals surface area contributed by atoms with E-state index < -0.39 is 0 Å². The van der Waals surface area contributed by atoms with Gasteiger partial charge in [-0.05, 0) is 31.7 Å². The Bertz CT molecular complexity index is 969. The summed E-state index contributed by atoms with van der Waals surface area (Å²) >= 11 is 0. The first kappa shape index (κ1) is 23.5. The number of hydrogen-bond acceptors (Lipinski definition) is 4. The van der Waals surface area contributed by atoms with Crippen LogP contribution in [0.1, 0.15) is 57.1 Å². The van der Waals surface area contributed by atoms with E-state index >= 15 is 0 Å². The lowest BCUT2D eigenvalue weighted by atomic mass is 9.97. The minimum atomic E-state index is -0.124. The van der Waals surface area contributed by atoms with Gasteiger partial charge in [-0.15, -0.1) is 0 Å². The van der Waals surface area contributed by atoms with E-state index in [1.165, 1.54) is 5.56 Å². The van der Waals surface area contributed by atoms with Gasteiger partial charge in [0.05, 0.1) is 0 Å². The zero-order chi connectivity index (χ0) is 22.9. The molecular weight excluding hydrogens is 400 g/mol. The molecule has 0 bridgehead atoms. The lowest BCUT2D eigenvalue weighted by Gasteiger charge is -2.30. The van der Waals surface area contributed by atoms with Gasteiger partial charge in [0.15, 0.2) is 0 Å². The first-order valence-corrected chi connectivity index (χ1v) is 11.4. The summed E-state index contributed by atoms with van der Waals surface area (Å²) in [5.74, 6) is 1.50. The molecule has 0 saturated heterocycles. The molecular formula is C26H34N4O2. The summed E-state index contributed by atoms with van der Waals surface area (Å²) in [7, 11) is 0. The van der Waals surface area contributed by atoms with Crippen molar-refractivity contribution in [3.63, 3.8) is 0 Å². The van der Waals surface area contributed by atoms with Crippen LogP contribution in [0, 0.1) is 12.8 Å². The molecule has 2 atom stereocenters. The summed E-state index contributed by atoms with van der Waals surface area (Å²) in [6.07, 6.45) is 3.20. The molecule has 0 saturated carbocycles. The van der Waals surface area contributed by atoms with Crippen LogP contribution in [0.25, 0.3) is 11.4 Å². The summed E-state index contributed by atoms with van der Waals surface area (Å²) in [5.41, 5.74) is 3.16. The van der Waals surface area contributed by atoms with E-state index in [0.29, 0.717) is 24.2 Å². The molecule has 6 heteroatoms. The second-order valence-corrected chi connectivity index (χ2v) is 8.63. The molecule has 0 aliphatic heterocycles. The number of urea groups is 1. The SMILES string of the molecule is CCC[C@H](C)CC(C)N(Cc1nc(-c2ccccc2)no1)C(=O)NCc1ccc(C)cc1. The van der Waals surface area contributed by atoms with Crippen molar-refractivity contribution in [3.8, 4) is 11.4 Å². The summed E-state index contributed by atoms with van der Waals surface area (Å²) in [6, 6.07) is 17.8. The second kappa shape index (κ2) is 11.5. The van der Waals surface area contributed by atoms with Crippen molar-refractivity contribution in [1.82, 2.24) is 20.4 Å². The summed E-state index contributed by atoms with van der Waals surface area (Å²) < 4.78 is 5.50. The highest BCUT2D eigenvalue weighted by Crippen LogP contribution is 2.20. The molecule has 0 aliphatic carbocycles. The monoisotopic (exact) mass is 434 g/mol. The standard InChI is InChI=1S/C26H34N4O2/c1-5-9-20(3)16-21(4)30(26(31)27-17-22-14-12-19(2)13-15-22)18-24-28-25(29-32-24)23-10-7-6-8-11-23/h6-8,10-15,20-21H,5,9,16-18H2,1-4H3,(H,27,31)/t20-,21?/m0/s1. The van der Waals surface area contributed by atoms with Gasteiger partial charge in [0.2, 0.25) is 11.7 Å². The van der Waals surface area contributed by atoms with E-state index in [1.54, 1.807) is 0 Å². The van der Waals surface area contributed by atoms with Crippen LogP contribution in [-0.2, 0) is 13.1 Å². The normalized spacial score (nSPS) is 12.9. The van der Waals surface area contributed by atoms with Gasteiger partial charge in [-0.2, -0.15) is 4.98 Å². The average molecular weight is 435 g/mol. The van der Waals surface area contributed by atoms with Gasteiger partial charge in [0.1, 0.15) is 6.54 Å². The third kappa shape index (κ3) is 6.67. The van der Waals surface area contributed by atoms with Crippen LogP contribution < -0.4 is 5.32 Å². The Labute approximate surface area is 191 Å². The average Bonchev–Trinajstić information content (AvgIpc) is 3.26. The fourth-order valence-corrected chi connectivity index (χ4v) is 3.90. The fraction of sp³-hybridized carbons (Fsp3) is 0.423. The van der Waals surface area contributed by atoms with Gasteiger partial charge in [-0.3, -0.25) is 0 Å². The smallest absolute Gasteiger partial charge is 0.318 e.